The third-order valence-electron chi connectivity index (χ3n) is 4.23. The van der Waals surface area contributed by atoms with E-state index in [4.69, 9.17) is 9.47 Å². The lowest BCUT2D eigenvalue weighted by Crippen LogP contribution is -2.58. The SMILES string of the molecule is COc1cc(C=NNC(=O)C(F)(F)C(F)(F)C(F)(F)F)cc(Br)c1Oc1ccc([N+](=O)[O-])cc1[N+](=O)[O-]. The fourth-order valence-corrected chi connectivity index (χ4v) is 2.97. The van der Waals surface area contributed by atoms with E-state index in [1.807, 2.05) is 0 Å². The van der Waals surface area contributed by atoms with Crippen molar-refractivity contribution in [3.8, 4) is 17.2 Å². The van der Waals surface area contributed by atoms with Gasteiger partial charge in [0.15, 0.2) is 11.5 Å². The van der Waals surface area contributed by atoms with Gasteiger partial charge in [-0.25, -0.2) is 5.43 Å². The Morgan fingerprint density at radius 3 is 2.16 bits per heavy atom. The second kappa shape index (κ2) is 10.5. The topological polar surface area (TPSA) is 146 Å². The van der Waals surface area contributed by atoms with E-state index in [-0.39, 0.29) is 21.5 Å². The number of methoxy groups -OCH3 is 1. The highest BCUT2D eigenvalue weighted by atomic mass is 79.9. The Hall–Kier alpha value is -4.03. The first-order valence-corrected chi connectivity index (χ1v) is 9.87. The van der Waals surface area contributed by atoms with E-state index >= 15 is 0 Å². The number of nitrogens with one attached hydrogen (secondary N) is 1. The fraction of sp³-hybridized carbons (Fsp3) is 0.222. The first-order chi connectivity index (χ1) is 16.9. The highest BCUT2D eigenvalue weighted by molar-refractivity contribution is 9.10. The summed E-state index contributed by atoms with van der Waals surface area (Å²) in [6.45, 7) is 0. The van der Waals surface area contributed by atoms with Gasteiger partial charge in [0.2, 0.25) is 5.75 Å². The van der Waals surface area contributed by atoms with Crippen molar-refractivity contribution < 1.29 is 54.8 Å². The van der Waals surface area contributed by atoms with Crippen LogP contribution in [-0.4, -0.2) is 47.1 Å². The Bertz CT molecular complexity index is 1270. The third-order valence-corrected chi connectivity index (χ3v) is 4.82. The van der Waals surface area contributed by atoms with E-state index in [1.54, 1.807) is 0 Å². The smallest absolute Gasteiger partial charge is 0.460 e. The summed E-state index contributed by atoms with van der Waals surface area (Å²) in [5.74, 6) is -16.8. The first-order valence-electron chi connectivity index (χ1n) is 9.08. The minimum absolute atomic E-state index is 0.0405. The second-order valence-corrected chi connectivity index (χ2v) is 7.50. The van der Waals surface area contributed by atoms with Crippen LogP contribution in [0.25, 0.3) is 0 Å². The Labute approximate surface area is 208 Å². The largest absolute Gasteiger partial charge is 0.493 e. The molecular formula is C18H10BrF7N4O7. The van der Waals surface area contributed by atoms with Gasteiger partial charge in [-0.3, -0.25) is 25.0 Å². The minimum Gasteiger partial charge on any atom is -0.493 e. The average Bonchev–Trinajstić information content (AvgIpc) is 2.79. The molecule has 0 bridgehead atoms. The summed E-state index contributed by atoms with van der Waals surface area (Å²) in [6.07, 6.45) is -6.14. The molecule has 0 aromatic heterocycles. The Morgan fingerprint density at radius 1 is 1.03 bits per heavy atom. The zero-order valence-electron chi connectivity index (χ0n) is 17.7. The molecule has 0 aliphatic carbocycles. The van der Waals surface area contributed by atoms with Crippen LogP contribution in [0.15, 0.2) is 39.9 Å². The molecule has 11 nitrogen and oxygen atoms in total. The summed E-state index contributed by atoms with van der Waals surface area (Å²) in [4.78, 5) is 31.6. The molecule has 0 aliphatic rings. The Morgan fingerprint density at radius 2 is 1.65 bits per heavy atom. The molecule has 0 radical (unpaired) electrons. The normalized spacial score (nSPS) is 12.4. The fourth-order valence-electron chi connectivity index (χ4n) is 2.43. The van der Waals surface area contributed by atoms with Crippen molar-refractivity contribution in [3.63, 3.8) is 0 Å². The summed E-state index contributed by atoms with van der Waals surface area (Å²) >= 11 is 3.02. The maximum atomic E-state index is 13.3. The molecule has 0 saturated heterocycles. The third kappa shape index (κ3) is 6.04. The molecule has 0 spiro atoms. The molecule has 0 heterocycles. The average molecular weight is 607 g/mol. The van der Waals surface area contributed by atoms with Crippen LogP contribution >= 0.6 is 15.9 Å². The molecule has 0 saturated carbocycles. The Balaban J connectivity index is 2.32. The molecule has 2 aromatic carbocycles. The van der Waals surface area contributed by atoms with Crippen LogP contribution in [0.4, 0.5) is 42.1 Å². The monoisotopic (exact) mass is 606 g/mol. The molecule has 200 valence electrons. The van der Waals surface area contributed by atoms with Crippen LogP contribution in [-0.2, 0) is 4.79 Å². The quantitative estimate of drug-likeness (QED) is 0.175. The predicted molar refractivity (Wildman–Crippen MR) is 112 cm³/mol. The molecule has 0 unspecified atom stereocenters. The number of carbonyl (C=O) groups excluding carboxylic acids is 1. The number of ether oxygens (including phenoxy) is 2. The molecule has 2 rings (SSSR count). The molecule has 0 fully saturated rings. The standard InChI is InChI=1S/C18H10BrF7N4O7/c1-36-13-5-8(7-27-28-15(31)16(20,21)17(22,23)18(24,25)26)4-10(19)14(13)37-12-3-2-9(29(32)33)6-11(12)30(34)35/h2-7H,1H3,(H,28,31). The summed E-state index contributed by atoms with van der Waals surface area (Å²) < 4.78 is 99.5. The number of benzene rings is 2. The number of carbonyl (C=O) groups is 1. The summed E-state index contributed by atoms with van der Waals surface area (Å²) in [7, 11) is 1.10. The van der Waals surface area contributed by atoms with Gasteiger partial charge in [0.1, 0.15) is 0 Å². The number of nitro benzene ring substituents is 2. The Kier molecular flexibility index (Phi) is 8.31. The van der Waals surface area contributed by atoms with Gasteiger partial charge in [-0.05, 0) is 39.7 Å². The summed E-state index contributed by atoms with van der Waals surface area (Å²) in [5.41, 5.74) is -0.616. The molecule has 2 aromatic rings. The van der Waals surface area contributed by atoms with Crippen molar-refractivity contribution in [1.82, 2.24) is 5.43 Å². The van der Waals surface area contributed by atoms with Crippen LogP contribution < -0.4 is 14.9 Å². The number of amides is 1. The molecule has 19 heteroatoms. The van der Waals surface area contributed by atoms with Gasteiger partial charge in [-0.1, -0.05) is 0 Å². The highest BCUT2D eigenvalue weighted by Gasteiger charge is 2.76. The number of hydrogen-bond donors (Lipinski definition) is 1. The van der Waals surface area contributed by atoms with E-state index < -0.39 is 50.9 Å². The van der Waals surface area contributed by atoms with E-state index in [0.29, 0.717) is 12.3 Å². The molecular weight excluding hydrogens is 597 g/mol. The molecule has 37 heavy (non-hydrogen) atoms. The maximum absolute atomic E-state index is 13.3. The zero-order chi connectivity index (χ0) is 28.3. The van der Waals surface area contributed by atoms with Gasteiger partial charge in [0, 0.05) is 6.07 Å². The van der Waals surface area contributed by atoms with Crippen molar-refractivity contribution in [1.29, 1.82) is 0 Å². The number of halogens is 8. The highest BCUT2D eigenvalue weighted by Crippen LogP contribution is 2.46. The van der Waals surface area contributed by atoms with Crippen molar-refractivity contribution in [3.05, 3.63) is 60.6 Å². The predicted octanol–water partition coefficient (Wildman–Crippen LogP) is 5.35. The number of rotatable bonds is 9. The van der Waals surface area contributed by atoms with Crippen molar-refractivity contribution in [2.75, 3.05) is 7.11 Å². The molecule has 1 N–H and O–H groups in total. The van der Waals surface area contributed by atoms with E-state index in [1.165, 1.54) is 0 Å². The van der Waals surface area contributed by atoms with Gasteiger partial charge in [-0.15, -0.1) is 0 Å². The molecule has 0 aliphatic heterocycles. The lowest BCUT2D eigenvalue weighted by molar-refractivity contribution is -0.394. The first kappa shape index (κ1) is 29.2. The van der Waals surface area contributed by atoms with Crippen LogP contribution in [0.3, 0.4) is 0 Å². The number of hydrogen-bond acceptors (Lipinski definition) is 8. The molecule has 0 atom stereocenters. The number of nitrogens with zero attached hydrogens (tertiary/aromatic N) is 3. The van der Waals surface area contributed by atoms with E-state index in [2.05, 4.69) is 21.0 Å². The number of hydrazone groups is 1. The van der Waals surface area contributed by atoms with Gasteiger partial charge in [-0.2, -0.15) is 35.8 Å². The summed E-state index contributed by atoms with van der Waals surface area (Å²) in [6, 6.07) is 4.65. The van der Waals surface area contributed by atoms with Gasteiger partial charge in [0.05, 0.1) is 33.7 Å². The van der Waals surface area contributed by atoms with Crippen molar-refractivity contribution in [2.24, 2.45) is 5.10 Å². The van der Waals surface area contributed by atoms with Crippen molar-refractivity contribution >= 4 is 39.4 Å². The number of nitro groups is 2. The lowest BCUT2D eigenvalue weighted by atomic mass is 10.1. The number of alkyl halides is 7. The number of non-ortho nitro benzene ring substituents is 1. The maximum Gasteiger partial charge on any atom is 0.460 e. The van der Waals surface area contributed by atoms with Gasteiger partial charge in [0.25, 0.3) is 5.69 Å². The van der Waals surface area contributed by atoms with E-state index in [0.717, 1.165) is 36.8 Å². The summed E-state index contributed by atoms with van der Waals surface area (Å²) in [5, 5.41) is 25.1. The molecule has 1 amide bonds. The van der Waals surface area contributed by atoms with Crippen LogP contribution in [0.1, 0.15) is 5.56 Å². The van der Waals surface area contributed by atoms with E-state index in [9.17, 15) is 55.8 Å². The zero-order valence-corrected chi connectivity index (χ0v) is 19.3. The van der Waals surface area contributed by atoms with Crippen LogP contribution in [0, 0.1) is 20.2 Å². The minimum atomic E-state index is -6.72. The second-order valence-electron chi connectivity index (χ2n) is 6.65. The lowest BCUT2D eigenvalue weighted by Gasteiger charge is -2.26. The van der Waals surface area contributed by atoms with Gasteiger partial charge >= 0.3 is 29.6 Å². The van der Waals surface area contributed by atoms with Crippen LogP contribution in [0.5, 0.6) is 17.2 Å². The van der Waals surface area contributed by atoms with Crippen LogP contribution in [0.2, 0.25) is 0 Å². The van der Waals surface area contributed by atoms with Crippen molar-refractivity contribution in [2.45, 2.75) is 18.0 Å². The van der Waals surface area contributed by atoms with Gasteiger partial charge < -0.3 is 9.47 Å².